The average Bonchev–Trinajstić information content (AvgIpc) is 3.66. The maximum absolute atomic E-state index is 13.2. The lowest BCUT2D eigenvalue weighted by atomic mass is 9.49. The minimum absolute atomic E-state index is 0.0156. The molecule has 0 spiro atoms. The number of morpholine rings is 1. The Morgan fingerprint density at radius 2 is 1.86 bits per heavy atom. The molecule has 3 aromatic rings. The molecule has 1 saturated heterocycles. The Hall–Kier alpha value is -3.91. The van der Waals surface area contributed by atoms with Crippen LogP contribution in [0.15, 0.2) is 28.8 Å². The molecule has 2 aliphatic rings. The number of carbonyl (C=O) groups excluding carboxylic acids is 2. The number of nitrogens with one attached hydrogen (secondary N) is 3. The Kier molecular flexibility index (Phi) is 8.55. The quantitative estimate of drug-likeness (QED) is 0.269. The summed E-state index contributed by atoms with van der Waals surface area (Å²) in [7, 11) is 7.17. The van der Waals surface area contributed by atoms with Crippen molar-refractivity contribution >= 4 is 52.5 Å². The van der Waals surface area contributed by atoms with Crippen molar-refractivity contribution in [2.24, 2.45) is 5.92 Å². The number of hydrogen-bond donors (Lipinski definition) is 3. The normalized spacial score (nSPS) is 19.2. The second kappa shape index (κ2) is 12.1. The van der Waals surface area contributed by atoms with Crippen molar-refractivity contribution in [2.45, 2.75) is 50.7 Å². The van der Waals surface area contributed by atoms with Crippen molar-refractivity contribution in [3.63, 3.8) is 0 Å². The smallest absolute Gasteiger partial charge is 0.272 e. The van der Waals surface area contributed by atoms with Crippen LogP contribution in [0.4, 0.5) is 17.2 Å². The fourth-order valence-electron chi connectivity index (χ4n) is 4.90. The van der Waals surface area contributed by atoms with E-state index in [9.17, 15) is 9.59 Å². The zero-order chi connectivity index (χ0) is 30.0. The predicted molar refractivity (Wildman–Crippen MR) is 164 cm³/mol. The van der Waals surface area contributed by atoms with Gasteiger partial charge in [-0.3, -0.25) is 14.5 Å². The number of aromatic nitrogens is 4. The van der Waals surface area contributed by atoms with Gasteiger partial charge in [0.1, 0.15) is 23.5 Å². The van der Waals surface area contributed by atoms with Crippen LogP contribution in [0, 0.1) is 5.92 Å². The molecule has 3 N–H and O–H groups in total. The van der Waals surface area contributed by atoms with Gasteiger partial charge in [0.25, 0.3) is 11.8 Å². The Morgan fingerprint density at radius 3 is 2.52 bits per heavy atom. The zero-order valence-corrected chi connectivity index (χ0v) is 24.9. The Morgan fingerprint density at radius 1 is 1.12 bits per heavy atom. The fourth-order valence-corrected chi connectivity index (χ4v) is 4.90. The minimum Gasteiger partial charge on any atom is -0.494 e. The maximum Gasteiger partial charge on any atom is 0.272 e. The monoisotopic (exact) mass is 572 g/mol. The lowest BCUT2D eigenvalue weighted by molar-refractivity contribution is -0.117. The lowest BCUT2D eigenvalue weighted by Crippen LogP contribution is -2.50. The standard InChI is InChI=1S/C26H35B3N8O5/c1-13-10-37(11-14(2)41-13)12-20-32-25(42-36-20)16-5-4-6-17(22(16)40-3)30-18-9-19(31-23(38)15-7-8-15)34-35-21(18)24(39)33-26(27,28)29/h4-6,9,13-15H,7-8,10-12,27-29H2,1-3H3,(H,33,39)(H2,30,31,34,38)/t13-,14+. The number of rotatable bonds is 10. The number of nitrogens with zero attached hydrogens (tertiary/aromatic N) is 5. The second-order valence-corrected chi connectivity index (χ2v) is 11.9. The molecule has 0 unspecified atom stereocenters. The molecule has 1 aromatic carbocycles. The molecule has 13 nitrogen and oxygen atoms in total. The molecule has 16 heteroatoms. The Labute approximate surface area is 247 Å². The van der Waals surface area contributed by atoms with Crippen LogP contribution in [0.25, 0.3) is 11.5 Å². The van der Waals surface area contributed by atoms with E-state index in [1.807, 2.05) is 49.5 Å². The van der Waals surface area contributed by atoms with Gasteiger partial charge in [-0.15, -0.1) is 10.2 Å². The Bertz CT molecular complexity index is 1450. The molecule has 1 aliphatic heterocycles. The summed E-state index contributed by atoms with van der Waals surface area (Å²) in [5, 5.41) is 20.9. The van der Waals surface area contributed by atoms with E-state index in [0.29, 0.717) is 40.9 Å². The summed E-state index contributed by atoms with van der Waals surface area (Å²) in [5.41, 5.74) is 1.52. The van der Waals surface area contributed by atoms with Crippen LogP contribution < -0.4 is 20.7 Å². The summed E-state index contributed by atoms with van der Waals surface area (Å²) in [4.78, 5) is 32.4. The molecule has 42 heavy (non-hydrogen) atoms. The van der Waals surface area contributed by atoms with E-state index in [1.54, 1.807) is 12.1 Å². The van der Waals surface area contributed by atoms with Crippen LogP contribution in [0.1, 0.15) is 43.0 Å². The van der Waals surface area contributed by atoms with Gasteiger partial charge in [0.05, 0.1) is 42.8 Å². The molecule has 1 aliphatic carbocycles. The topological polar surface area (TPSA) is 157 Å². The fraction of sp³-hybridized carbons (Fsp3) is 0.462. The summed E-state index contributed by atoms with van der Waals surface area (Å²) in [6.45, 7) is 6.20. The summed E-state index contributed by atoms with van der Waals surface area (Å²) in [6, 6.07) is 7.02. The van der Waals surface area contributed by atoms with E-state index < -0.39 is 11.1 Å². The first kappa shape index (κ1) is 29.6. The number of amides is 2. The summed E-state index contributed by atoms with van der Waals surface area (Å²) in [6.07, 6.45) is 1.96. The van der Waals surface area contributed by atoms with Gasteiger partial charge in [-0.25, -0.2) is 0 Å². The SMILES string of the molecule is BC(B)(B)NC(=O)c1nnc(NC(=O)C2CC2)cc1Nc1cccc(-c2nc(CN3C[C@@H](C)O[C@@H](C)C3)no2)c1OC. The van der Waals surface area contributed by atoms with E-state index in [0.717, 1.165) is 25.9 Å². The molecule has 3 heterocycles. The highest BCUT2D eigenvalue weighted by Crippen LogP contribution is 2.38. The lowest BCUT2D eigenvalue weighted by Gasteiger charge is -2.34. The minimum atomic E-state index is -0.501. The van der Waals surface area contributed by atoms with Gasteiger partial charge >= 0.3 is 0 Å². The third kappa shape index (κ3) is 7.29. The third-order valence-corrected chi connectivity index (χ3v) is 6.74. The van der Waals surface area contributed by atoms with Crippen molar-refractivity contribution in [1.29, 1.82) is 0 Å². The van der Waals surface area contributed by atoms with Crippen LogP contribution in [0.2, 0.25) is 0 Å². The van der Waals surface area contributed by atoms with E-state index in [1.165, 1.54) is 7.11 Å². The summed E-state index contributed by atoms with van der Waals surface area (Å²) < 4.78 is 17.2. The van der Waals surface area contributed by atoms with Crippen LogP contribution in [0.5, 0.6) is 5.75 Å². The van der Waals surface area contributed by atoms with Gasteiger partial charge in [-0.05, 0) is 44.1 Å². The van der Waals surface area contributed by atoms with Crippen LogP contribution in [-0.4, -0.2) is 98.2 Å². The predicted octanol–water partition coefficient (Wildman–Crippen LogP) is -0.523. The van der Waals surface area contributed by atoms with Gasteiger partial charge in [-0.2, -0.15) is 4.98 Å². The van der Waals surface area contributed by atoms with E-state index in [-0.39, 0.29) is 35.5 Å². The van der Waals surface area contributed by atoms with Crippen molar-refractivity contribution in [3.8, 4) is 17.2 Å². The van der Waals surface area contributed by atoms with E-state index >= 15 is 0 Å². The molecule has 1 saturated carbocycles. The molecule has 5 rings (SSSR count). The summed E-state index contributed by atoms with van der Waals surface area (Å²) in [5.74, 6) is 0.987. The molecule has 0 radical (unpaired) electrons. The van der Waals surface area contributed by atoms with Gasteiger partial charge < -0.3 is 29.9 Å². The Balaban J connectivity index is 1.42. The number of benzene rings is 1. The van der Waals surface area contributed by atoms with Crippen LogP contribution in [0.3, 0.4) is 0 Å². The number of carbonyl (C=O) groups is 2. The highest BCUT2D eigenvalue weighted by Gasteiger charge is 2.31. The van der Waals surface area contributed by atoms with E-state index in [2.05, 4.69) is 41.2 Å². The number of hydrogen-bond acceptors (Lipinski definition) is 11. The second-order valence-electron chi connectivity index (χ2n) is 11.9. The zero-order valence-electron chi connectivity index (χ0n) is 24.9. The molecule has 2 atom stereocenters. The highest BCUT2D eigenvalue weighted by molar-refractivity contribution is 6.60. The van der Waals surface area contributed by atoms with Crippen molar-refractivity contribution in [2.75, 3.05) is 30.8 Å². The largest absolute Gasteiger partial charge is 0.494 e. The first-order valence-electron chi connectivity index (χ1n) is 14.1. The number of ether oxygens (including phenoxy) is 2. The third-order valence-electron chi connectivity index (χ3n) is 6.74. The van der Waals surface area contributed by atoms with Gasteiger partial charge in [0.15, 0.2) is 23.1 Å². The molecular formula is C26H35B3N8O5. The van der Waals surface area contributed by atoms with Crippen LogP contribution in [-0.2, 0) is 16.1 Å². The first-order chi connectivity index (χ1) is 20.0. The maximum atomic E-state index is 13.2. The molecule has 2 aromatic heterocycles. The van der Waals surface area contributed by atoms with Gasteiger partial charge in [0, 0.05) is 25.1 Å². The summed E-state index contributed by atoms with van der Waals surface area (Å²) >= 11 is 0. The van der Waals surface area contributed by atoms with Crippen molar-refractivity contribution < 1.29 is 23.6 Å². The van der Waals surface area contributed by atoms with Crippen LogP contribution >= 0.6 is 0 Å². The number of methoxy groups -OCH3 is 1. The first-order valence-corrected chi connectivity index (χ1v) is 14.1. The van der Waals surface area contributed by atoms with Crippen molar-refractivity contribution in [1.82, 2.24) is 30.6 Å². The van der Waals surface area contributed by atoms with E-state index in [4.69, 9.17) is 14.0 Å². The van der Waals surface area contributed by atoms with Crippen molar-refractivity contribution in [3.05, 3.63) is 35.8 Å². The van der Waals surface area contributed by atoms with Gasteiger partial charge in [0.2, 0.25) is 5.91 Å². The molecular weight excluding hydrogens is 537 g/mol. The van der Waals surface area contributed by atoms with Gasteiger partial charge in [-0.1, -0.05) is 11.2 Å². The number of para-hydroxylation sites is 1. The molecule has 2 amide bonds. The molecule has 2 fully saturated rings. The molecule has 0 bridgehead atoms. The molecule has 218 valence electrons. The highest BCUT2D eigenvalue weighted by atomic mass is 16.5. The number of anilines is 3. The average molecular weight is 572 g/mol.